The Morgan fingerprint density at radius 2 is 1.86 bits per heavy atom. The summed E-state index contributed by atoms with van der Waals surface area (Å²) in [5, 5.41) is 8.85. The lowest BCUT2D eigenvalue weighted by Crippen LogP contribution is -2.00. The largest absolute Gasteiger partial charge is 0.381 e. The third kappa shape index (κ3) is 3.38. The molecule has 5 heteroatoms. The molecule has 1 N–H and O–H groups in total. The summed E-state index contributed by atoms with van der Waals surface area (Å²) < 4.78 is 1.82. The highest BCUT2D eigenvalue weighted by atomic mass is 35.5. The summed E-state index contributed by atoms with van der Waals surface area (Å²) >= 11 is 12.0. The van der Waals surface area contributed by atoms with Crippen LogP contribution in [0.5, 0.6) is 0 Å². The van der Waals surface area contributed by atoms with Crippen LogP contribution in [0.2, 0.25) is 10.0 Å². The molecule has 2 aromatic carbocycles. The van der Waals surface area contributed by atoms with E-state index in [0.717, 1.165) is 16.9 Å². The SMILES string of the molecule is Clc1ccc(CNc2ccc(-n3cccn3)cc2)c(Cl)c1. The van der Waals surface area contributed by atoms with Crippen molar-refractivity contribution in [3.63, 3.8) is 0 Å². The van der Waals surface area contributed by atoms with Crippen LogP contribution in [0.1, 0.15) is 5.56 Å². The fourth-order valence-electron chi connectivity index (χ4n) is 2.02. The van der Waals surface area contributed by atoms with Crippen molar-refractivity contribution in [2.75, 3.05) is 5.32 Å². The first-order chi connectivity index (χ1) is 10.2. The van der Waals surface area contributed by atoms with Gasteiger partial charge < -0.3 is 5.32 Å². The Morgan fingerprint density at radius 3 is 2.52 bits per heavy atom. The number of rotatable bonds is 4. The van der Waals surface area contributed by atoms with Crippen LogP contribution in [0.15, 0.2) is 60.9 Å². The standard InChI is InChI=1S/C16H13Cl2N3/c17-13-3-2-12(16(18)10-13)11-19-14-4-6-15(7-5-14)21-9-1-8-20-21/h1-10,19H,11H2. The highest BCUT2D eigenvalue weighted by Crippen LogP contribution is 2.22. The van der Waals surface area contributed by atoms with Gasteiger partial charge in [0, 0.05) is 34.7 Å². The topological polar surface area (TPSA) is 29.9 Å². The van der Waals surface area contributed by atoms with E-state index < -0.39 is 0 Å². The van der Waals surface area contributed by atoms with E-state index in [4.69, 9.17) is 23.2 Å². The molecular formula is C16H13Cl2N3. The minimum absolute atomic E-state index is 0.646. The van der Waals surface area contributed by atoms with E-state index in [1.54, 1.807) is 12.3 Å². The highest BCUT2D eigenvalue weighted by molar-refractivity contribution is 6.35. The van der Waals surface area contributed by atoms with Gasteiger partial charge in [-0.15, -0.1) is 0 Å². The van der Waals surface area contributed by atoms with E-state index in [-0.39, 0.29) is 0 Å². The average molecular weight is 318 g/mol. The summed E-state index contributed by atoms with van der Waals surface area (Å²) in [5.41, 5.74) is 3.06. The molecule has 106 valence electrons. The van der Waals surface area contributed by atoms with Crippen LogP contribution < -0.4 is 5.32 Å². The van der Waals surface area contributed by atoms with Crippen molar-refractivity contribution in [2.24, 2.45) is 0 Å². The molecule has 1 heterocycles. The van der Waals surface area contributed by atoms with Crippen LogP contribution in [0.4, 0.5) is 5.69 Å². The molecular weight excluding hydrogens is 305 g/mol. The van der Waals surface area contributed by atoms with Crippen molar-refractivity contribution in [1.82, 2.24) is 9.78 Å². The first-order valence-electron chi connectivity index (χ1n) is 6.50. The molecule has 0 aliphatic rings. The number of nitrogens with zero attached hydrogens (tertiary/aromatic N) is 2. The van der Waals surface area contributed by atoms with Crippen LogP contribution in [0.25, 0.3) is 5.69 Å². The Hall–Kier alpha value is -1.97. The van der Waals surface area contributed by atoms with E-state index in [1.165, 1.54) is 0 Å². The van der Waals surface area contributed by atoms with Crippen molar-refractivity contribution >= 4 is 28.9 Å². The molecule has 0 fully saturated rings. The predicted molar refractivity (Wildman–Crippen MR) is 87.4 cm³/mol. The van der Waals surface area contributed by atoms with Gasteiger partial charge in [-0.1, -0.05) is 29.3 Å². The quantitative estimate of drug-likeness (QED) is 0.749. The van der Waals surface area contributed by atoms with Crippen LogP contribution in [-0.2, 0) is 6.54 Å². The van der Waals surface area contributed by atoms with Crippen molar-refractivity contribution in [3.05, 3.63) is 76.5 Å². The second kappa shape index (κ2) is 6.20. The molecule has 0 saturated heterocycles. The number of hydrogen-bond donors (Lipinski definition) is 1. The Morgan fingerprint density at radius 1 is 1.05 bits per heavy atom. The molecule has 0 saturated carbocycles. The van der Waals surface area contributed by atoms with E-state index in [0.29, 0.717) is 16.6 Å². The number of hydrogen-bond acceptors (Lipinski definition) is 2. The van der Waals surface area contributed by atoms with Gasteiger partial charge in [-0.25, -0.2) is 4.68 Å². The Labute approximate surface area is 133 Å². The lowest BCUT2D eigenvalue weighted by Gasteiger charge is -2.09. The smallest absolute Gasteiger partial charge is 0.0647 e. The molecule has 3 aromatic rings. The summed E-state index contributed by atoms with van der Waals surface area (Å²) in [7, 11) is 0. The second-order valence-electron chi connectivity index (χ2n) is 4.59. The maximum absolute atomic E-state index is 6.15. The van der Waals surface area contributed by atoms with Crippen molar-refractivity contribution < 1.29 is 0 Å². The minimum atomic E-state index is 0.646. The fourth-order valence-corrected chi connectivity index (χ4v) is 2.49. The van der Waals surface area contributed by atoms with Crippen LogP contribution in [-0.4, -0.2) is 9.78 Å². The van der Waals surface area contributed by atoms with Crippen LogP contribution in [0, 0.1) is 0 Å². The molecule has 21 heavy (non-hydrogen) atoms. The number of nitrogens with one attached hydrogen (secondary N) is 1. The fraction of sp³-hybridized carbons (Fsp3) is 0.0625. The monoisotopic (exact) mass is 317 g/mol. The van der Waals surface area contributed by atoms with Crippen molar-refractivity contribution in [2.45, 2.75) is 6.54 Å². The average Bonchev–Trinajstić information content (AvgIpc) is 3.01. The van der Waals surface area contributed by atoms with E-state index in [9.17, 15) is 0 Å². The molecule has 0 spiro atoms. The van der Waals surface area contributed by atoms with E-state index in [1.807, 2.05) is 53.3 Å². The molecule has 3 rings (SSSR count). The zero-order chi connectivity index (χ0) is 14.7. The second-order valence-corrected chi connectivity index (χ2v) is 5.43. The first kappa shape index (κ1) is 14.0. The number of benzene rings is 2. The molecule has 0 unspecified atom stereocenters. The van der Waals surface area contributed by atoms with Crippen molar-refractivity contribution in [1.29, 1.82) is 0 Å². The van der Waals surface area contributed by atoms with Gasteiger partial charge in [0.15, 0.2) is 0 Å². The molecule has 0 radical (unpaired) electrons. The predicted octanol–water partition coefficient (Wildman–Crippen LogP) is 4.79. The van der Waals surface area contributed by atoms with Crippen LogP contribution >= 0.6 is 23.2 Å². The van der Waals surface area contributed by atoms with Gasteiger partial charge in [-0.2, -0.15) is 5.10 Å². The Kier molecular flexibility index (Phi) is 4.13. The molecule has 0 amide bonds. The third-order valence-electron chi connectivity index (χ3n) is 3.13. The first-order valence-corrected chi connectivity index (χ1v) is 7.26. The van der Waals surface area contributed by atoms with Crippen LogP contribution in [0.3, 0.4) is 0 Å². The Balaban J connectivity index is 1.68. The lowest BCUT2D eigenvalue weighted by atomic mass is 10.2. The third-order valence-corrected chi connectivity index (χ3v) is 3.72. The Bertz CT molecular complexity index is 722. The maximum Gasteiger partial charge on any atom is 0.0647 e. The normalized spacial score (nSPS) is 10.6. The molecule has 3 nitrogen and oxygen atoms in total. The summed E-state index contributed by atoms with van der Waals surface area (Å²) in [6, 6.07) is 15.5. The number of halogens is 2. The number of aromatic nitrogens is 2. The van der Waals surface area contributed by atoms with E-state index >= 15 is 0 Å². The summed E-state index contributed by atoms with van der Waals surface area (Å²) in [5.74, 6) is 0. The molecule has 0 aliphatic heterocycles. The van der Waals surface area contributed by atoms with Gasteiger partial charge >= 0.3 is 0 Å². The van der Waals surface area contributed by atoms with Crippen molar-refractivity contribution in [3.8, 4) is 5.69 Å². The maximum atomic E-state index is 6.15. The summed E-state index contributed by atoms with van der Waals surface area (Å²) in [4.78, 5) is 0. The summed E-state index contributed by atoms with van der Waals surface area (Å²) in [6.45, 7) is 0.650. The van der Waals surface area contributed by atoms with Gasteiger partial charge in [0.2, 0.25) is 0 Å². The van der Waals surface area contributed by atoms with Gasteiger partial charge in [0.05, 0.1) is 5.69 Å². The zero-order valence-corrected chi connectivity index (χ0v) is 12.6. The molecule has 0 bridgehead atoms. The molecule has 0 atom stereocenters. The zero-order valence-electron chi connectivity index (χ0n) is 11.1. The van der Waals surface area contributed by atoms with Gasteiger partial charge in [0.25, 0.3) is 0 Å². The van der Waals surface area contributed by atoms with E-state index in [2.05, 4.69) is 10.4 Å². The lowest BCUT2D eigenvalue weighted by molar-refractivity contribution is 0.880. The van der Waals surface area contributed by atoms with Gasteiger partial charge in [-0.3, -0.25) is 0 Å². The molecule has 1 aromatic heterocycles. The summed E-state index contributed by atoms with van der Waals surface area (Å²) in [6.07, 6.45) is 3.67. The molecule has 0 aliphatic carbocycles. The van der Waals surface area contributed by atoms with Gasteiger partial charge in [-0.05, 0) is 48.0 Å². The highest BCUT2D eigenvalue weighted by Gasteiger charge is 2.02. The van der Waals surface area contributed by atoms with Gasteiger partial charge in [0.1, 0.15) is 0 Å². The number of anilines is 1. The minimum Gasteiger partial charge on any atom is -0.381 e.